The topological polar surface area (TPSA) is 56.8 Å². The summed E-state index contributed by atoms with van der Waals surface area (Å²) in [6.07, 6.45) is 0.887. The van der Waals surface area contributed by atoms with E-state index < -0.39 is 5.41 Å². The highest BCUT2D eigenvalue weighted by Gasteiger charge is 2.43. The van der Waals surface area contributed by atoms with Crippen molar-refractivity contribution in [2.45, 2.75) is 31.3 Å². The van der Waals surface area contributed by atoms with Crippen LogP contribution in [0.25, 0.3) is 0 Å². The highest BCUT2D eigenvalue weighted by molar-refractivity contribution is 6.35. The maximum atomic E-state index is 13.4. The molecule has 2 aromatic carbocycles. The summed E-state index contributed by atoms with van der Waals surface area (Å²) in [5.74, 6) is 0.369. The van der Waals surface area contributed by atoms with Gasteiger partial charge in [-0.15, -0.1) is 0 Å². The number of methoxy groups -OCH3 is 1. The fourth-order valence-corrected chi connectivity index (χ4v) is 4.44. The zero-order valence-corrected chi connectivity index (χ0v) is 19.1. The fraction of sp³-hybridized carbons (Fsp3) is 0.409. The predicted molar refractivity (Wildman–Crippen MR) is 120 cm³/mol. The minimum Gasteiger partial charge on any atom is -0.487 e. The van der Waals surface area contributed by atoms with Gasteiger partial charge in [0.05, 0.1) is 17.0 Å². The number of benzene rings is 2. The van der Waals surface area contributed by atoms with Crippen LogP contribution >= 0.6 is 34.8 Å². The molecule has 0 saturated carbocycles. The molecule has 1 atom stereocenters. The molecule has 0 aromatic heterocycles. The number of rotatable bonds is 7. The number of nitrogens with one attached hydrogen (secondary N) is 1. The second kappa shape index (κ2) is 10.2. The fourth-order valence-electron chi connectivity index (χ4n) is 3.63. The minimum atomic E-state index is -0.811. The van der Waals surface area contributed by atoms with Crippen LogP contribution in [0.2, 0.25) is 15.1 Å². The van der Waals surface area contributed by atoms with Crippen molar-refractivity contribution in [3.63, 3.8) is 0 Å². The second-order valence-electron chi connectivity index (χ2n) is 7.30. The second-order valence-corrected chi connectivity index (χ2v) is 8.55. The van der Waals surface area contributed by atoms with Gasteiger partial charge in [0.1, 0.15) is 11.9 Å². The Hall–Kier alpha value is -1.50. The van der Waals surface area contributed by atoms with E-state index in [9.17, 15) is 4.79 Å². The van der Waals surface area contributed by atoms with Gasteiger partial charge in [0.15, 0.2) is 0 Å². The van der Waals surface area contributed by atoms with Crippen molar-refractivity contribution < 1.29 is 19.0 Å². The quantitative estimate of drug-likeness (QED) is 0.557. The summed E-state index contributed by atoms with van der Waals surface area (Å²) in [6, 6.07) is 10.4. The van der Waals surface area contributed by atoms with Gasteiger partial charge in [-0.25, -0.2) is 0 Å². The van der Waals surface area contributed by atoms with Crippen LogP contribution in [-0.4, -0.2) is 38.9 Å². The van der Waals surface area contributed by atoms with Crippen molar-refractivity contribution in [1.82, 2.24) is 0 Å². The van der Waals surface area contributed by atoms with Crippen molar-refractivity contribution in [2.24, 2.45) is 0 Å². The summed E-state index contributed by atoms with van der Waals surface area (Å²) in [6.45, 7) is 3.27. The number of anilines is 1. The number of ether oxygens (including phenoxy) is 3. The Balaban J connectivity index is 1.84. The summed E-state index contributed by atoms with van der Waals surface area (Å²) >= 11 is 18.9. The first-order chi connectivity index (χ1) is 14.4. The summed E-state index contributed by atoms with van der Waals surface area (Å²) in [7, 11) is 1.61. The molecule has 1 unspecified atom stereocenters. The van der Waals surface area contributed by atoms with E-state index in [0.29, 0.717) is 59.2 Å². The third kappa shape index (κ3) is 5.21. The lowest BCUT2D eigenvalue weighted by molar-refractivity contribution is -0.125. The normalized spacial score (nSPS) is 16.7. The lowest BCUT2D eigenvalue weighted by Crippen LogP contribution is -2.45. The maximum Gasteiger partial charge on any atom is 0.235 e. The molecule has 1 N–H and O–H groups in total. The van der Waals surface area contributed by atoms with Crippen molar-refractivity contribution in [3.05, 3.63) is 57.0 Å². The third-order valence-electron chi connectivity index (χ3n) is 5.15. The molecule has 5 nitrogen and oxygen atoms in total. The molecule has 0 radical (unpaired) electrons. The van der Waals surface area contributed by atoms with Gasteiger partial charge >= 0.3 is 0 Å². The highest BCUT2D eigenvalue weighted by atomic mass is 35.5. The number of carbonyl (C=O) groups is 1. The average molecular weight is 473 g/mol. The first-order valence-corrected chi connectivity index (χ1v) is 10.8. The van der Waals surface area contributed by atoms with Gasteiger partial charge in [0.25, 0.3) is 0 Å². The van der Waals surface area contributed by atoms with E-state index in [4.69, 9.17) is 49.0 Å². The molecule has 1 saturated heterocycles. The molecule has 0 spiro atoms. The summed E-state index contributed by atoms with van der Waals surface area (Å²) in [4.78, 5) is 13.4. The minimum absolute atomic E-state index is 0.148. The van der Waals surface area contributed by atoms with Crippen LogP contribution < -0.4 is 10.1 Å². The van der Waals surface area contributed by atoms with E-state index in [0.717, 1.165) is 5.56 Å². The third-order valence-corrected chi connectivity index (χ3v) is 5.99. The van der Waals surface area contributed by atoms with Crippen LogP contribution in [0.3, 0.4) is 0 Å². The van der Waals surface area contributed by atoms with Gasteiger partial charge in [-0.1, -0.05) is 40.9 Å². The Labute approximate surface area is 191 Å². The first-order valence-electron chi connectivity index (χ1n) is 9.65. The molecule has 1 heterocycles. The Morgan fingerprint density at radius 3 is 2.50 bits per heavy atom. The molecule has 1 fully saturated rings. The zero-order chi connectivity index (χ0) is 21.7. The van der Waals surface area contributed by atoms with E-state index in [-0.39, 0.29) is 12.0 Å². The Bertz CT molecular complexity index is 900. The van der Waals surface area contributed by atoms with Crippen molar-refractivity contribution in [3.8, 4) is 5.75 Å². The molecular weight excluding hydrogens is 449 g/mol. The smallest absolute Gasteiger partial charge is 0.235 e. The van der Waals surface area contributed by atoms with Crippen LogP contribution in [0, 0.1) is 0 Å². The molecule has 1 aliphatic rings. The molecule has 2 aromatic rings. The molecule has 0 bridgehead atoms. The summed E-state index contributed by atoms with van der Waals surface area (Å²) in [5.41, 5.74) is 0.510. The Morgan fingerprint density at radius 2 is 1.87 bits per heavy atom. The lowest BCUT2D eigenvalue weighted by atomic mass is 9.73. The molecule has 8 heteroatoms. The molecule has 3 rings (SSSR count). The summed E-state index contributed by atoms with van der Waals surface area (Å²) < 4.78 is 16.3. The van der Waals surface area contributed by atoms with Crippen molar-refractivity contribution in [2.75, 3.05) is 32.2 Å². The zero-order valence-electron chi connectivity index (χ0n) is 16.8. The van der Waals surface area contributed by atoms with E-state index >= 15 is 0 Å². The first kappa shape index (κ1) is 23.2. The van der Waals surface area contributed by atoms with Crippen LogP contribution in [0.15, 0.2) is 36.4 Å². The van der Waals surface area contributed by atoms with Crippen LogP contribution in [0.5, 0.6) is 5.75 Å². The number of hydrogen-bond acceptors (Lipinski definition) is 4. The van der Waals surface area contributed by atoms with Gasteiger partial charge in [0.2, 0.25) is 5.91 Å². The SMILES string of the molecule is COCC(C)Oc1ccc(NC(=O)C2(c3ccc(Cl)cc3Cl)CCOCC2)cc1Cl. The molecule has 0 aliphatic carbocycles. The van der Waals surface area contributed by atoms with Crippen molar-refractivity contribution in [1.29, 1.82) is 0 Å². The van der Waals surface area contributed by atoms with Crippen LogP contribution in [0.1, 0.15) is 25.3 Å². The standard InChI is InChI=1S/C22H24Cl3NO4/c1-14(13-28-2)30-20-6-4-16(12-19(20)25)26-21(27)22(7-9-29-10-8-22)17-5-3-15(23)11-18(17)24/h3-6,11-12,14H,7-10,13H2,1-2H3,(H,26,27). The van der Waals surface area contributed by atoms with Gasteiger partial charge in [-0.05, 0) is 55.7 Å². The van der Waals surface area contributed by atoms with Gasteiger partial charge in [0, 0.05) is 36.1 Å². The van der Waals surface area contributed by atoms with Gasteiger partial charge < -0.3 is 19.5 Å². The van der Waals surface area contributed by atoms with Gasteiger partial charge in [-0.3, -0.25) is 4.79 Å². The van der Waals surface area contributed by atoms with Crippen LogP contribution in [0.4, 0.5) is 5.69 Å². The van der Waals surface area contributed by atoms with E-state index in [1.165, 1.54) is 0 Å². The number of hydrogen-bond donors (Lipinski definition) is 1. The molecular formula is C22H24Cl3NO4. The predicted octanol–water partition coefficient (Wildman–Crippen LogP) is 5.75. The largest absolute Gasteiger partial charge is 0.487 e. The maximum absolute atomic E-state index is 13.4. The number of halogens is 3. The molecule has 1 aliphatic heterocycles. The number of amides is 1. The van der Waals surface area contributed by atoms with Crippen LogP contribution in [-0.2, 0) is 19.7 Å². The van der Waals surface area contributed by atoms with Crippen molar-refractivity contribution >= 4 is 46.4 Å². The Morgan fingerprint density at radius 1 is 1.13 bits per heavy atom. The van der Waals surface area contributed by atoms with Gasteiger partial charge in [-0.2, -0.15) is 0 Å². The number of carbonyl (C=O) groups excluding carboxylic acids is 1. The Kier molecular flexibility index (Phi) is 7.88. The average Bonchev–Trinajstić information content (AvgIpc) is 2.70. The molecule has 162 valence electrons. The van der Waals surface area contributed by atoms with E-state index in [2.05, 4.69) is 5.32 Å². The van der Waals surface area contributed by atoms with E-state index in [1.807, 2.05) is 13.0 Å². The monoisotopic (exact) mass is 471 g/mol. The highest BCUT2D eigenvalue weighted by Crippen LogP contribution is 2.41. The molecule has 1 amide bonds. The molecule has 30 heavy (non-hydrogen) atoms. The lowest BCUT2D eigenvalue weighted by Gasteiger charge is -2.36. The van der Waals surface area contributed by atoms with E-state index in [1.54, 1.807) is 37.4 Å². The summed E-state index contributed by atoms with van der Waals surface area (Å²) in [5, 5.41) is 4.38.